The lowest BCUT2D eigenvalue weighted by Crippen LogP contribution is -2.37. The van der Waals surface area contributed by atoms with Crippen molar-refractivity contribution in [1.29, 1.82) is 0 Å². The fourth-order valence-corrected chi connectivity index (χ4v) is 6.49. The molecule has 1 saturated heterocycles. The number of ether oxygens (including phenoxy) is 1. The maximum absolute atomic E-state index is 12.6. The molecule has 9 heteroatoms. The normalized spacial score (nSPS) is 16.9. The van der Waals surface area contributed by atoms with Crippen molar-refractivity contribution in [3.05, 3.63) is 66.0 Å². The molecule has 1 aliphatic carbocycles. The van der Waals surface area contributed by atoms with Gasteiger partial charge in [0.15, 0.2) is 11.8 Å². The molecule has 1 aliphatic heterocycles. The first-order valence-corrected chi connectivity index (χ1v) is 15.2. The van der Waals surface area contributed by atoms with Gasteiger partial charge in [-0.15, -0.1) is 0 Å². The van der Waals surface area contributed by atoms with Crippen molar-refractivity contribution >= 4 is 28.3 Å². The lowest BCUT2D eigenvalue weighted by Gasteiger charge is -2.36. The van der Waals surface area contributed by atoms with Crippen molar-refractivity contribution in [3.8, 4) is 22.4 Å². The Labute approximate surface area is 251 Å². The number of aryl methyl sites for hydroxylation is 2. The predicted octanol–water partition coefficient (Wildman–Crippen LogP) is 6.44. The summed E-state index contributed by atoms with van der Waals surface area (Å²) in [6.45, 7) is 8.01. The zero-order chi connectivity index (χ0) is 29.9. The van der Waals surface area contributed by atoms with Gasteiger partial charge in [0.25, 0.3) is 0 Å². The van der Waals surface area contributed by atoms with Gasteiger partial charge in [0, 0.05) is 42.8 Å². The third kappa shape index (κ3) is 5.05. The smallest absolute Gasteiger partial charge is 0.337 e. The first kappa shape index (κ1) is 27.6. The van der Waals surface area contributed by atoms with Crippen LogP contribution in [0.15, 0.2) is 54.7 Å². The number of rotatable bonds is 8. The third-order valence-corrected chi connectivity index (χ3v) is 9.21. The first-order valence-electron chi connectivity index (χ1n) is 15.2. The van der Waals surface area contributed by atoms with Gasteiger partial charge in [-0.2, -0.15) is 14.7 Å². The van der Waals surface area contributed by atoms with Crippen LogP contribution in [-0.2, 0) is 16.6 Å². The van der Waals surface area contributed by atoms with Crippen LogP contribution in [0.25, 0.3) is 38.9 Å². The molecule has 0 amide bonds. The summed E-state index contributed by atoms with van der Waals surface area (Å²) in [4.78, 5) is 19.8. The van der Waals surface area contributed by atoms with Gasteiger partial charge in [0.1, 0.15) is 5.82 Å². The summed E-state index contributed by atoms with van der Waals surface area (Å²) in [6, 6.07) is 16.7. The van der Waals surface area contributed by atoms with Gasteiger partial charge in [0.2, 0.25) is 0 Å². The molecule has 2 aromatic carbocycles. The van der Waals surface area contributed by atoms with Gasteiger partial charge in [-0.05, 0) is 67.2 Å². The van der Waals surface area contributed by atoms with E-state index in [1.165, 1.54) is 12.8 Å². The fraction of sp³-hybridized carbons (Fsp3) is 0.412. The molecule has 0 radical (unpaired) electrons. The second-order valence-electron chi connectivity index (χ2n) is 12.8. The number of hydrogen-bond donors (Lipinski definition) is 1. The van der Waals surface area contributed by atoms with Crippen LogP contribution in [0, 0.1) is 18.3 Å². The van der Waals surface area contributed by atoms with Crippen LogP contribution >= 0.6 is 0 Å². The van der Waals surface area contributed by atoms with Gasteiger partial charge < -0.3 is 14.7 Å². The number of fused-ring (bicyclic) bond motifs is 2. The minimum atomic E-state index is -1.12. The zero-order valence-electron chi connectivity index (χ0n) is 25.2. The van der Waals surface area contributed by atoms with Crippen LogP contribution < -0.4 is 4.90 Å². The number of benzene rings is 2. The lowest BCUT2D eigenvalue weighted by atomic mass is 9.93. The second kappa shape index (κ2) is 10.5. The van der Waals surface area contributed by atoms with E-state index in [1.54, 1.807) is 0 Å². The summed E-state index contributed by atoms with van der Waals surface area (Å²) >= 11 is 0. The van der Waals surface area contributed by atoms with Gasteiger partial charge in [-0.25, -0.2) is 9.78 Å². The quantitative estimate of drug-likeness (QED) is 0.226. The number of aliphatic carboxylic acids is 1. The highest BCUT2D eigenvalue weighted by molar-refractivity contribution is 5.85. The highest BCUT2D eigenvalue weighted by Gasteiger charge is 2.45. The molecular weight excluding hydrogens is 540 g/mol. The Morgan fingerprint density at radius 2 is 1.77 bits per heavy atom. The zero-order valence-corrected chi connectivity index (χ0v) is 25.2. The van der Waals surface area contributed by atoms with Gasteiger partial charge in [0.05, 0.1) is 29.6 Å². The van der Waals surface area contributed by atoms with Crippen molar-refractivity contribution in [2.75, 3.05) is 24.6 Å². The molecule has 43 heavy (non-hydrogen) atoms. The van der Waals surface area contributed by atoms with E-state index in [4.69, 9.17) is 14.8 Å². The molecule has 0 unspecified atom stereocenters. The van der Waals surface area contributed by atoms with E-state index in [9.17, 15) is 9.90 Å². The van der Waals surface area contributed by atoms with Gasteiger partial charge >= 0.3 is 5.97 Å². The van der Waals surface area contributed by atoms with Crippen LogP contribution in [0.4, 0.5) is 5.82 Å². The van der Waals surface area contributed by atoms with E-state index in [2.05, 4.69) is 46.4 Å². The summed E-state index contributed by atoms with van der Waals surface area (Å²) in [5, 5.41) is 20.9. The number of carboxylic acid groups (broad SMARTS) is 1. The fourth-order valence-electron chi connectivity index (χ4n) is 6.49. The second-order valence-corrected chi connectivity index (χ2v) is 12.8. The molecule has 1 saturated carbocycles. The molecule has 4 heterocycles. The molecule has 7 rings (SSSR count). The summed E-state index contributed by atoms with van der Waals surface area (Å²) in [7, 11) is 1.95. The molecule has 2 fully saturated rings. The summed E-state index contributed by atoms with van der Waals surface area (Å²) in [6.07, 6.45) is 5.56. The summed E-state index contributed by atoms with van der Waals surface area (Å²) in [5.74, 6) is -0.0142. The average molecular weight is 579 g/mol. The van der Waals surface area contributed by atoms with Crippen LogP contribution in [-0.4, -0.2) is 55.2 Å². The van der Waals surface area contributed by atoms with E-state index in [1.807, 2.05) is 55.3 Å². The van der Waals surface area contributed by atoms with Crippen LogP contribution in [0.2, 0.25) is 0 Å². The molecule has 9 nitrogen and oxygen atoms in total. The van der Waals surface area contributed by atoms with Crippen LogP contribution in [0.1, 0.15) is 56.9 Å². The van der Waals surface area contributed by atoms with Crippen molar-refractivity contribution in [3.63, 3.8) is 0 Å². The molecule has 0 bridgehead atoms. The Balaban J connectivity index is 1.33. The topological polar surface area (TPSA) is 97.8 Å². The SMILES string of the molecule is Cc1nc2cc(-c3cccc(-c4ccc5cnn(C)c5c4)c3)nn2c(N2CCC3(CC2)CC3)c1[C@H](OCC(C)C)C(=O)O. The molecule has 1 N–H and O–H groups in total. The monoisotopic (exact) mass is 578 g/mol. The molecular formula is C34H38N6O3. The van der Waals surface area contributed by atoms with E-state index >= 15 is 0 Å². The summed E-state index contributed by atoms with van der Waals surface area (Å²) in [5.41, 5.74) is 7.47. The van der Waals surface area contributed by atoms with Crippen molar-refractivity contribution in [2.45, 2.75) is 52.6 Å². The van der Waals surface area contributed by atoms with E-state index in [0.717, 1.165) is 65.0 Å². The molecule has 3 aromatic heterocycles. The molecule has 1 spiro atoms. The van der Waals surface area contributed by atoms with Gasteiger partial charge in [-0.3, -0.25) is 4.68 Å². The molecule has 2 aliphatic rings. The molecule has 1 atom stereocenters. The third-order valence-electron chi connectivity index (χ3n) is 9.21. The number of aromatic nitrogens is 5. The van der Waals surface area contributed by atoms with Crippen molar-refractivity contribution in [1.82, 2.24) is 24.4 Å². The average Bonchev–Trinajstić information content (AvgIpc) is 3.44. The van der Waals surface area contributed by atoms with Crippen LogP contribution in [0.3, 0.4) is 0 Å². The predicted molar refractivity (Wildman–Crippen MR) is 167 cm³/mol. The maximum atomic E-state index is 12.6. The number of hydrogen-bond acceptors (Lipinski definition) is 6. The number of carboxylic acids is 1. The molecule has 222 valence electrons. The number of piperidine rings is 1. The minimum absolute atomic E-state index is 0.203. The Morgan fingerprint density at radius 1 is 1.02 bits per heavy atom. The van der Waals surface area contributed by atoms with Crippen molar-refractivity contribution < 1.29 is 14.6 Å². The molecule has 5 aromatic rings. The highest BCUT2D eigenvalue weighted by atomic mass is 16.5. The maximum Gasteiger partial charge on any atom is 0.337 e. The van der Waals surface area contributed by atoms with Crippen LogP contribution in [0.5, 0.6) is 0 Å². The van der Waals surface area contributed by atoms with Crippen molar-refractivity contribution in [2.24, 2.45) is 18.4 Å². The number of nitrogens with zero attached hydrogens (tertiary/aromatic N) is 6. The first-order chi connectivity index (χ1) is 20.7. The standard InChI is InChI=1S/C34H38N6O3/c1-21(2)20-43-31(33(41)42)30-22(3)36-29-18-27(37-40(29)32(30)39-14-12-34(10-11-34)13-15-39)25-7-5-6-23(16-25)24-8-9-26-19-35-38(4)28(26)17-24/h5-9,16-19,21,31H,10-15,20H2,1-4H3,(H,41,42)/t31-/m0/s1. The summed E-state index contributed by atoms with van der Waals surface area (Å²) < 4.78 is 9.78. The highest BCUT2D eigenvalue weighted by Crippen LogP contribution is 2.54. The Hall–Kier alpha value is -4.24. The Bertz CT molecular complexity index is 1840. The van der Waals surface area contributed by atoms with E-state index in [-0.39, 0.29) is 5.92 Å². The van der Waals surface area contributed by atoms with E-state index in [0.29, 0.717) is 28.9 Å². The number of anilines is 1. The minimum Gasteiger partial charge on any atom is -0.479 e. The largest absolute Gasteiger partial charge is 0.479 e. The Kier molecular flexibility index (Phi) is 6.73. The lowest BCUT2D eigenvalue weighted by molar-refractivity contribution is -0.151. The van der Waals surface area contributed by atoms with E-state index < -0.39 is 12.1 Å². The number of carbonyl (C=O) groups is 1. The van der Waals surface area contributed by atoms with Gasteiger partial charge in [-0.1, -0.05) is 44.2 Å². The Morgan fingerprint density at radius 3 is 2.49 bits per heavy atom.